The summed E-state index contributed by atoms with van der Waals surface area (Å²) in [7, 11) is 3.21. The minimum Gasteiger partial charge on any atom is -0.495 e. The number of amides is 2. The van der Waals surface area contributed by atoms with Crippen LogP contribution in [0.15, 0.2) is 42.5 Å². The molecule has 1 saturated carbocycles. The van der Waals surface area contributed by atoms with Gasteiger partial charge >= 0.3 is 0 Å². The van der Waals surface area contributed by atoms with E-state index in [1.807, 2.05) is 12.1 Å². The minimum absolute atomic E-state index is 0.00292. The number of anilines is 1. The molecule has 2 aliphatic heterocycles. The number of methoxy groups -OCH3 is 2. The van der Waals surface area contributed by atoms with Gasteiger partial charge in [0.05, 0.1) is 37.3 Å². The third kappa shape index (κ3) is 4.76. The fraction of sp³-hybridized carbons (Fsp3) is 0.483. The zero-order chi connectivity index (χ0) is 25.9. The highest BCUT2D eigenvalue weighted by Crippen LogP contribution is 2.47. The molecule has 2 aromatic carbocycles. The van der Waals surface area contributed by atoms with Crippen LogP contribution in [0.5, 0.6) is 5.75 Å². The molecule has 8 heteroatoms. The van der Waals surface area contributed by atoms with E-state index in [0.29, 0.717) is 30.0 Å². The summed E-state index contributed by atoms with van der Waals surface area (Å²) in [5, 5.41) is 16.2. The van der Waals surface area contributed by atoms with E-state index in [4.69, 9.17) is 9.47 Å². The highest BCUT2D eigenvalue weighted by atomic mass is 16.5. The van der Waals surface area contributed by atoms with Gasteiger partial charge in [0, 0.05) is 36.9 Å². The smallest absolute Gasteiger partial charge is 0.251 e. The normalized spacial score (nSPS) is 26.3. The molecule has 8 nitrogen and oxygen atoms in total. The predicted octanol–water partition coefficient (Wildman–Crippen LogP) is 3.89. The zero-order valence-electron chi connectivity index (χ0n) is 21.4. The van der Waals surface area contributed by atoms with Crippen LogP contribution in [0, 0.1) is 23.2 Å². The largest absolute Gasteiger partial charge is 0.495 e. The van der Waals surface area contributed by atoms with Gasteiger partial charge in [-0.05, 0) is 49.1 Å². The molecule has 0 unspecified atom stereocenters. The monoisotopic (exact) mass is 502 g/mol. The lowest BCUT2D eigenvalue weighted by molar-refractivity contribution is -0.139. The number of fused-ring (bicyclic) bond motifs is 3. The molecule has 2 heterocycles. The maximum absolute atomic E-state index is 14.1. The number of rotatable bonds is 6. The summed E-state index contributed by atoms with van der Waals surface area (Å²) in [4.78, 5) is 29.3. The van der Waals surface area contributed by atoms with Crippen molar-refractivity contribution in [2.75, 3.05) is 32.7 Å². The quantitative estimate of drug-likeness (QED) is 0.621. The molecular weight excluding hydrogens is 468 g/mol. The Morgan fingerprint density at radius 3 is 2.73 bits per heavy atom. The van der Waals surface area contributed by atoms with E-state index in [0.717, 1.165) is 43.4 Å². The van der Waals surface area contributed by atoms with Crippen LogP contribution in [-0.2, 0) is 9.53 Å². The lowest BCUT2D eigenvalue weighted by atomic mass is 9.81. The molecule has 1 saturated heterocycles. The SMILES string of the molecule is COC[C@@H]1Nc2ccccc2[C@H]2[C@@H]1CCN2C(=O)[C@H]1CCCC[C@H]1NC(=O)c1ccc(OC)c(C#N)c1. The molecule has 2 fully saturated rings. The summed E-state index contributed by atoms with van der Waals surface area (Å²) in [6.45, 7) is 1.29. The standard InChI is InChI=1S/C29H34N4O4/c1-36-17-25-21-13-14-33(27(21)20-7-3-5-9-23(20)31-25)29(35)22-8-4-6-10-24(22)32-28(34)18-11-12-26(37-2)19(15-18)16-30/h3,5,7,9,11-12,15,21-22,24-25,27,31H,4,6,8,10,13-14,17H2,1-2H3,(H,32,34)/t21-,22+,24-,25+,27+/m1/s1. The summed E-state index contributed by atoms with van der Waals surface area (Å²) in [5.41, 5.74) is 2.92. The van der Waals surface area contributed by atoms with Crippen molar-refractivity contribution in [2.24, 2.45) is 11.8 Å². The first-order valence-electron chi connectivity index (χ1n) is 13.1. The maximum atomic E-state index is 14.1. The van der Waals surface area contributed by atoms with Crippen molar-refractivity contribution in [3.63, 3.8) is 0 Å². The second-order valence-electron chi connectivity index (χ2n) is 10.2. The molecule has 0 radical (unpaired) electrons. The number of nitrogens with zero attached hydrogens (tertiary/aromatic N) is 2. The highest BCUT2D eigenvalue weighted by Gasteiger charge is 2.48. The van der Waals surface area contributed by atoms with Gasteiger partial charge in [-0.25, -0.2) is 0 Å². The van der Waals surface area contributed by atoms with Crippen molar-refractivity contribution in [3.05, 3.63) is 59.2 Å². The summed E-state index contributed by atoms with van der Waals surface area (Å²) >= 11 is 0. The van der Waals surface area contributed by atoms with E-state index in [2.05, 4.69) is 33.7 Å². The first kappa shape index (κ1) is 25.1. The molecule has 0 spiro atoms. The summed E-state index contributed by atoms with van der Waals surface area (Å²) < 4.78 is 10.7. The number of nitrogens with one attached hydrogen (secondary N) is 2. The fourth-order valence-electron chi connectivity index (χ4n) is 6.42. The number of hydrogen-bond acceptors (Lipinski definition) is 6. The van der Waals surface area contributed by atoms with Crippen LogP contribution in [0.1, 0.15) is 59.6 Å². The number of carbonyl (C=O) groups excluding carboxylic acids is 2. The molecule has 194 valence electrons. The fourth-order valence-corrected chi connectivity index (χ4v) is 6.42. The Kier molecular flexibility index (Phi) is 7.33. The van der Waals surface area contributed by atoms with Crippen LogP contribution < -0.4 is 15.4 Å². The minimum atomic E-state index is -0.270. The number of ether oxygens (including phenoxy) is 2. The Morgan fingerprint density at radius 1 is 1.14 bits per heavy atom. The molecule has 2 aromatic rings. The van der Waals surface area contributed by atoms with Gasteiger partial charge in [0.1, 0.15) is 11.8 Å². The van der Waals surface area contributed by atoms with Crippen LogP contribution in [0.4, 0.5) is 5.69 Å². The molecular formula is C29H34N4O4. The van der Waals surface area contributed by atoms with Crippen molar-refractivity contribution in [3.8, 4) is 11.8 Å². The molecule has 0 bridgehead atoms. The van der Waals surface area contributed by atoms with Crippen molar-refractivity contribution < 1.29 is 19.1 Å². The third-order valence-corrected chi connectivity index (χ3v) is 8.19. The number of hydrogen-bond donors (Lipinski definition) is 2. The Bertz CT molecular complexity index is 1210. The van der Waals surface area contributed by atoms with Crippen LogP contribution in [-0.4, -0.2) is 56.2 Å². The van der Waals surface area contributed by atoms with Crippen LogP contribution in [0.2, 0.25) is 0 Å². The van der Waals surface area contributed by atoms with E-state index in [9.17, 15) is 14.9 Å². The Balaban J connectivity index is 1.37. The molecule has 37 heavy (non-hydrogen) atoms. The second kappa shape index (κ2) is 10.8. The zero-order valence-corrected chi connectivity index (χ0v) is 21.4. The number of nitriles is 1. The van der Waals surface area contributed by atoms with E-state index in [1.54, 1.807) is 25.3 Å². The Labute approximate surface area is 217 Å². The van der Waals surface area contributed by atoms with Gasteiger partial charge in [-0.1, -0.05) is 31.0 Å². The molecule has 2 N–H and O–H groups in total. The van der Waals surface area contributed by atoms with Gasteiger partial charge in [-0.3, -0.25) is 9.59 Å². The van der Waals surface area contributed by atoms with Gasteiger partial charge in [-0.2, -0.15) is 5.26 Å². The Morgan fingerprint density at radius 2 is 1.95 bits per heavy atom. The molecule has 2 amide bonds. The topological polar surface area (TPSA) is 104 Å². The molecule has 5 atom stereocenters. The van der Waals surface area contributed by atoms with Crippen molar-refractivity contribution in [1.29, 1.82) is 5.26 Å². The molecule has 0 aromatic heterocycles. The van der Waals surface area contributed by atoms with Crippen molar-refractivity contribution >= 4 is 17.5 Å². The van der Waals surface area contributed by atoms with Crippen LogP contribution >= 0.6 is 0 Å². The van der Waals surface area contributed by atoms with E-state index >= 15 is 0 Å². The van der Waals surface area contributed by atoms with Gasteiger partial charge < -0.3 is 25.0 Å². The van der Waals surface area contributed by atoms with E-state index in [-0.39, 0.29) is 41.8 Å². The molecule has 1 aliphatic carbocycles. The summed E-state index contributed by atoms with van der Waals surface area (Å²) in [6, 6.07) is 15.0. The third-order valence-electron chi connectivity index (χ3n) is 8.19. The highest BCUT2D eigenvalue weighted by molar-refractivity contribution is 5.95. The lowest BCUT2D eigenvalue weighted by Crippen LogP contribution is -2.50. The first-order chi connectivity index (χ1) is 18.0. The van der Waals surface area contributed by atoms with Gasteiger partial charge in [0.25, 0.3) is 5.91 Å². The van der Waals surface area contributed by atoms with E-state index < -0.39 is 0 Å². The number of carbonyl (C=O) groups is 2. The van der Waals surface area contributed by atoms with Crippen LogP contribution in [0.25, 0.3) is 0 Å². The van der Waals surface area contributed by atoms with Gasteiger partial charge in [-0.15, -0.1) is 0 Å². The molecule has 5 rings (SSSR count). The maximum Gasteiger partial charge on any atom is 0.251 e. The number of para-hydroxylation sites is 1. The first-order valence-corrected chi connectivity index (χ1v) is 13.1. The summed E-state index contributed by atoms with van der Waals surface area (Å²) in [5.74, 6) is 0.294. The predicted molar refractivity (Wildman–Crippen MR) is 139 cm³/mol. The second-order valence-corrected chi connectivity index (χ2v) is 10.2. The van der Waals surface area contributed by atoms with Gasteiger partial charge in [0.15, 0.2) is 0 Å². The number of benzene rings is 2. The van der Waals surface area contributed by atoms with E-state index in [1.165, 1.54) is 7.11 Å². The van der Waals surface area contributed by atoms with Crippen molar-refractivity contribution in [2.45, 2.75) is 50.2 Å². The van der Waals surface area contributed by atoms with Crippen LogP contribution in [0.3, 0.4) is 0 Å². The average molecular weight is 503 g/mol. The summed E-state index contributed by atoms with van der Waals surface area (Å²) in [6.07, 6.45) is 4.37. The lowest BCUT2D eigenvalue weighted by Gasteiger charge is -2.41. The Hall–Kier alpha value is -3.57. The van der Waals surface area contributed by atoms with Gasteiger partial charge in [0.2, 0.25) is 5.91 Å². The van der Waals surface area contributed by atoms with Crippen molar-refractivity contribution in [1.82, 2.24) is 10.2 Å². The molecule has 3 aliphatic rings. The average Bonchev–Trinajstić information content (AvgIpc) is 3.39. The number of likely N-dealkylation sites (tertiary alicyclic amines) is 1.